The third-order valence-electron chi connectivity index (χ3n) is 1.67. The number of carbonyl (C=O) groups is 1. The number of rotatable bonds is 3. The Morgan fingerprint density at radius 1 is 1.71 bits per heavy atom. The summed E-state index contributed by atoms with van der Waals surface area (Å²) in [7, 11) is 0. The summed E-state index contributed by atoms with van der Waals surface area (Å²) in [6, 6.07) is 1.82. The molecule has 78 valence electrons. The van der Waals surface area contributed by atoms with Gasteiger partial charge in [-0.25, -0.2) is 0 Å². The van der Waals surface area contributed by atoms with Gasteiger partial charge in [-0.15, -0.1) is 11.3 Å². The topological polar surface area (TPSA) is 49.3 Å². The maximum absolute atomic E-state index is 11.7. The summed E-state index contributed by atoms with van der Waals surface area (Å²) in [5.74, 6) is -0.161. The smallest absolute Gasteiger partial charge is 0.263 e. The van der Waals surface area contributed by atoms with Crippen LogP contribution < -0.4 is 5.32 Å². The Bertz CT molecular complexity index is 335. The number of nitrogens with one attached hydrogen (secondary N) is 1. The van der Waals surface area contributed by atoms with Crippen LogP contribution in [-0.4, -0.2) is 23.2 Å². The van der Waals surface area contributed by atoms with Crippen molar-refractivity contribution in [2.75, 3.05) is 6.61 Å². The molecule has 2 N–H and O–H groups in total. The Hall–Kier alpha value is -0.390. The molecule has 0 saturated carbocycles. The van der Waals surface area contributed by atoms with E-state index in [0.29, 0.717) is 4.88 Å². The van der Waals surface area contributed by atoms with Crippen molar-refractivity contribution < 1.29 is 9.90 Å². The molecule has 0 fully saturated rings. The molecule has 0 radical (unpaired) electrons. The second-order valence-corrected chi connectivity index (χ2v) is 5.36. The molecule has 0 bridgehead atoms. The number of hydrogen-bond acceptors (Lipinski definition) is 3. The zero-order valence-electron chi connectivity index (χ0n) is 8.00. The lowest BCUT2D eigenvalue weighted by Crippen LogP contribution is -2.46. The van der Waals surface area contributed by atoms with Gasteiger partial charge in [-0.3, -0.25) is 4.79 Å². The Morgan fingerprint density at radius 2 is 2.36 bits per heavy atom. The molecule has 1 heterocycles. The van der Waals surface area contributed by atoms with Crippen molar-refractivity contribution in [2.24, 2.45) is 0 Å². The first-order chi connectivity index (χ1) is 6.46. The predicted octanol–water partition coefficient (Wildman–Crippen LogP) is 2.01. The Labute approximate surface area is 95.3 Å². The van der Waals surface area contributed by atoms with Gasteiger partial charge >= 0.3 is 0 Å². The quantitative estimate of drug-likeness (QED) is 0.888. The van der Waals surface area contributed by atoms with Gasteiger partial charge in [0.1, 0.15) is 4.88 Å². The Balaban J connectivity index is 2.73. The fourth-order valence-electron chi connectivity index (χ4n) is 0.859. The van der Waals surface area contributed by atoms with Gasteiger partial charge in [0.2, 0.25) is 0 Å². The highest BCUT2D eigenvalue weighted by atomic mass is 79.9. The summed E-state index contributed by atoms with van der Waals surface area (Å²) in [6.45, 7) is 3.46. The first-order valence-electron chi connectivity index (χ1n) is 4.12. The van der Waals surface area contributed by atoms with E-state index in [2.05, 4.69) is 21.2 Å². The zero-order chi connectivity index (χ0) is 10.8. The van der Waals surface area contributed by atoms with Gasteiger partial charge in [-0.2, -0.15) is 0 Å². The van der Waals surface area contributed by atoms with E-state index in [-0.39, 0.29) is 12.5 Å². The maximum atomic E-state index is 11.7. The SMILES string of the molecule is CC(C)(CO)NC(=O)c1sccc1Br. The van der Waals surface area contributed by atoms with Crippen molar-refractivity contribution in [2.45, 2.75) is 19.4 Å². The van der Waals surface area contributed by atoms with Crippen LogP contribution in [0, 0.1) is 0 Å². The van der Waals surface area contributed by atoms with Crippen LogP contribution in [0.5, 0.6) is 0 Å². The van der Waals surface area contributed by atoms with Crippen molar-refractivity contribution >= 4 is 33.2 Å². The van der Waals surface area contributed by atoms with Crippen LogP contribution >= 0.6 is 27.3 Å². The molecule has 3 nitrogen and oxygen atoms in total. The van der Waals surface area contributed by atoms with Crippen molar-refractivity contribution in [1.29, 1.82) is 0 Å². The second kappa shape index (κ2) is 4.42. The Kier molecular flexibility index (Phi) is 3.69. The van der Waals surface area contributed by atoms with Gasteiger partial charge in [0, 0.05) is 4.47 Å². The van der Waals surface area contributed by atoms with E-state index in [1.807, 2.05) is 11.4 Å². The van der Waals surface area contributed by atoms with E-state index in [0.717, 1.165) is 4.47 Å². The first-order valence-corrected chi connectivity index (χ1v) is 5.80. The highest BCUT2D eigenvalue weighted by Crippen LogP contribution is 2.22. The molecule has 0 atom stereocenters. The molecule has 14 heavy (non-hydrogen) atoms. The van der Waals surface area contributed by atoms with Gasteiger partial charge in [-0.05, 0) is 41.2 Å². The summed E-state index contributed by atoms with van der Waals surface area (Å²) in [6.07, 6.45) is 0. The monoisotopic (exact) mass is 277 g/mol. The third kappa shape index (κ3) is 2.80. The first kappa shape index (κ1) is 11.7. The molecule has 0 unspecified atom stereocenters. The lowest BCUT2D eigenvalue weighted by atomic mass is 10.1. The number of thiophene rings is 1. The van der Waals surface area contributed by atoms with Crippen molar-refractivity contribution in [3.8, 4) is 0 Å². The Morgan fingerprint density at radius 3 is 2.79 bits per heavy atom. The molecule has 0 saturated heterocycles. The van der Waals surface area contributed by atoms with Crippen LogP contribution in [-0.2, 0) is 0 Å². The lowest BCUT2D eigenvalue weighted by molar-refractivity contribution is 0.0873. The highest BCUT2D eigenvalue weighted by Gasteiger charge is 2.21. The molecule has 1 aromatic heterocycles. The van der Waals surface area contributed by atoms with Crippen LogP contribution in [0.4, 0.5) is 0 Å². The second-order valence-electron chi connectivity index (χ2n) is 3.59. The molecule has 0 aliphatic carbocycles. The van der Waals surface area contributed by atoms with E-state index >= 15 is 0 Å². The molecule has 1 rings (SSSR count). The molecule has 0 aliphatic rings. The number of carbonyl (C=O) groups excluding carboxylic acids is 1. The van der Waals surface area contributed by atoms with Crippen LogP contribution in [0.25, 0.3) is 0 Å². The number of amides is 1. The summed E-state index contributed by atoms with van der Waals surface area (Å²) < 4.78 is 0.786. The van der Waals surface area contributed by atoms with Gasteiger partial charge in [0.15, 0.2) is 0 Å². The summed E-state index contributed by atoms with van der Waals surface area (Å²) >= 11 is 4.65. The summed E-state index contributed by atoms with van der Waals surface area (Å²) in [5.41, 5.74) is -0.583. The summed E-state index contributed by atoms with van der Waals surface area (Å²) in [4.78, 5) is 12.3. The van der Waals surface area contributed by atoms with Crippen LogP contribution in [0.1, 0.15) is 23.5 Å². The third-order valence-corrected chi connectivity index (χ3v) is 3.51. The van der Waals surface area contributed by atoms with E-state index in [4.69, 9.17) is 5.11 Å². The van der Waals surface area contributed by atoms with E-state index in [9.17, 15) is 4.79 Å². The summed E-state index contributed by atoms with van der Waals surface area (Å²) in [5, 5.41) is 13.6. The number of halogens is 1. The molecule has 0 aromatic carbocycles. The molecule has 1 amide bonds. The number of hydrogen-bond donors (Lipinski definition) is 2. The molecule has 5 heteroatoms. The molecular weight excluding hydrogens is 266 g/mol. The standard InChI is InChI=1S/C9H12BrNO2S/c1-9(2,5-12)11-8(13)7-6(10)3-4-14-7/h3-4,12H,5H2,1-2H3,(H,11,13). The minimum absolute atomic E-state index is 0.0816. The largest absolute Gasteiger partial charge is 0.394 e. The van der Waals surface area contributed by atoms with Crippen molar-refractivity contribution in [3.63, 3.8) is 0 Å². The van der Waals surface area contributed by atoms with E-state index < -0.39 is 5.54 Å². The van der Waals surface area contributed by atoms with Gasteiger partial charge in [0.05, 0.1) is 12.1 Å². The van der Waals surface area contributed by atoms with Crippen molar-refractivity contribution in [1.82, 2.24) is 5.32 Å². The van der Waals surface area contributed by atoms with Crippen LogP contribution in [0.15, 0.2) is 15.9 Å². The maximum Gasteiger partial charge on any atom is 0.263 e. The molecule has 0 aliphatic heterocycles. The molecule has 1 aromatic rings. The lowest BCUT2D eigenvalue weighted by Gasteiger charge is -2.23. The normalized spacial score (nSPS) is 11.4. The van der Waals surface area contributed by atoms with E-state index in [1.54, 1.807) is 13.8 Å². The minimum atomic E-state index is -0.583. The van der Waals surface area contributed by atoms with Crippen LogP contribution in [0.2, 0.25) is 0 Å². The highest BCUT2D eigenvalue weighted by molar-refractivity contribution is 9.10. The van der Waals surface area contributed by atoms with Crippen molar-refractivity contribution in [3.05, 3.63) is 20.8 Å². The zero-order valence-corrected chi connectivity index (χ0v) is 10.4. The average Bonchev–Trinajstić information content (AvgIpc) is 2.51. The predicted molar refractivity (Wildman–Crippen MR) is 60.7 cm³/mol. The number of aliphatic hydroxyl groups is 1. The number of aliphatic hydroxyl groups excluding tert-OH is 1. The van der Waals surface area contributed by atoms with Gasteiger partial charge in [-0.1, -0.05) is 0 Å². The van der Waals surface area contributed by atoms with Gasteiger partial charge in [0.25, 0.3) is 5.91 Å². The molecule has 0 spiro atoms. The average molecular weight is 278 g/mol. The van der Waals surface area contributed by atoms with Gasteiger partial charge < -0.3 is 10.4 Å². The molecular formula is C9H12BrNO2S. The fraction of sp³-hybridized carbons (Fsp3) is 0.444. The van der Waals surface area contributed by atoms with E-state index in [1.165, 1.54) is 11.3 Å². The minimum Gasteiger partial charge on any atom is -0.394 e. The fourth-order valence-corrected chi connectivity index (χ4v) is 2.31. The van der Waals surface area contributed by atoms with Crippen LogP contribution in [0.3, 0.4) is 0 Å².